The molecule has 0 aliphatic carbocycles. The second kappa shape index (κ2) is 7.43. The number of hydrogen-bond acceptors (Lipinski definition) is 1. The van der Waals surface area contributed by atoms with Crippen LogP contribution in [0.3, 0.4) is 0 Å². The molecule has 0 amide bonds. The lowest BCUT2D eigenvalue weighted by Gasteiger charge is -2.12. The number of rotatable bonds is 3. The summed E-state index contributed by atoms with van der Waals surface area (Å²) in [6, 6.07) is 0. The number of hydrogen-bond donors (Lipinski definition) is 0. The van der Waals surface area contributed by atoms with Crippen molar-refractivity contribution in [2.24, 2.45) is 0 Å². The molecule has 1 nitrogen and oxygen atoms in total. The highest BCUT2D eigenvalue weighted by molar-refractivity contribution is 5.34. The first-order chi connectivity index (χ1) is 6.79. The van der Waals surface area contributed by atoms with E-state index in [1.165, 1.54) is 11.3 Å². The SMILES string of the molecule is C=CC1=C(/C=C\CC)N(C)CC1.CC. The maximum Gasteiger partial charge on any atom is 0.0393 e. The normalized spacial score (nSPS) is 15.9. The summed E-state index contributed by atoms with van der Waals surface area (Å²) in [6.07, 6.45) is 8.61. The zero-order valence-electron chi connectivity index (χ0n) is 10.0. The van der Waals surface area contributed by atoms with Gasteiger partial charge in [-0.15, -0.1) is 0 Å². The highest BCUT2D eigenvalue weighted by atomic mass is 15.1. The average molecular weight is 193 g/mol. The molecule has 0 saturated heterocycles. The lowest BCUT2D eigenvalue weighted by Crippen LogP contribution is -2.11. The van der Waals surface area contributed by atoms with Gasteiger partial charge < -0.3 is 4.90 Å². The van der Waals surface area contributed by atoms with Gasteiger partial charge in [-0.1, -0.05) is 39.5 Å². The number of allylic oxidation sites excluding steroid dienone is 3. The van der Waals surface area contributed by atoms with E-state index in [0.717, 1.165) is 19.4 Å². The Labute approximate surface area is 88.8 Å². The fourth-order valence-corrected chi connectivity index (χ4v) is 1.45. The van der Waals surface area contributed by atoms with Crippen molar-refractivity contribution in [2.75, 3.05) is 13.6 Å². The molecule has 0 aromatic carbocycles. The zero-order valence-corrected chi connectivity index (χ0v) is 10.0. The van der Waals surface area contributed by atoms with E-state index >= 15 is 0 Å². The van der Waals surface area contributed by atoms with Crippen LogP contribution in [0.25, 0.3) is 0 Å². The summed E-state index contributed by atoms with van der Waals surface area (Å²) in [6.45, 7) is 11.1. The summed E-state index contributed by atoms with van der Waals surface area (Å²) in [5.74, 6) is 0. The van der Waals surface area contributed by atoms with Gasteiger partial charge in [0.15, 0.2) is 0 Å². The molecule has 1 heterocycles. The predicted molar refractivity (Wildman–Crippen MR) is 65.2 cm³/mol. The highest BCUT2D eigenvalue weighted by Crippen LogP contribution is 2.22. The largest absolute Gasteiger partial charge is 0.374 e. The second-order valence-corrected chi connectivity index (χ2v) is 3.10. The summed E-state index contributed by atoms with van der Waals surface area (Å²) in [7, 11) is 2.13. The van der Waals surface area contributed by atoms with Crippen molar-refractivity contribution in [3.05, 3.63) is 36.1 Å². The van der Waals surface area contributed by atoms with Gasteiger partial charge in [0.1, 0.15) is 0 Å². The quantitative estimate of drug-likeness (QED) is 0.659. The summed E-state index contributed by atoms with van der Waals surface area (Å²) < 4.78 is 0. The van der Waals surface area contributed by atoms with Crippen molar-refractivity contribution >= 4 is 0 Å². The molecule has 14 heavy (non-hydrogen) atoms. The molecule has 0 spiro atoms. The summed E-state index contributed by atoms with van der Waals surface area (Å²) >= 11 is 0. The fraction of sp³-hybridized carbons (Fsp3) is 0.538. The van der Waals surface area contributed by atoms with Gasteiger partial charge in [-0.05, 0) is 24.5 Å². The van der Waals surface area contributed by atoms with Gasteiger partial charge >= 0.3 is 0 Å². The van der Waals surface area contributed by atoms with Crippen LogP contribution in [0.15, 0.2) is 36.1 Å². The third kappa shape index (κ3) is 3.41. The van der Waals surface area contributed by atoms with Gasteiger partial charge in [-0.2, -0.15) is 0 Å². The van der Waals surface area contributed by atoms with Gasteiger partial charge in [0.05, 0.1) is 0 Å². The highest BCUT2D eigenvalue weighted by Gasteiger charge is 2.13. The molecule has 0 radical (unpaired) electrons. The first kappa shape index (κ1) is 13.0. The van der Waals surface area contributed by atoms with E-state index in [2.05, 4.69) is 37.6 Å². The first-order valence-corrected chi connectivity index (χ1v) is 5.52. The smallest absolute Gasteiger partial charge is 0.0393 e. The van der Waals surface area contributed by atoms with Crippen molar-refractivity contribution in [1.82, 2.24) is 4.90 Å². The third-order valence-electron chi connectivity index (χ3n) is 2.21. The van der Waals surface area contributed by atoms with Gasteiger partial charge in [0.2, 0.25) is 0 Å². The Morgan fingerprint density at radius 3 is 2.57 bits per heavy atom. The minimum atomic E-state index is 1.10. The van der Waals surface area contributed by atoms with E-state index < -0.39 is 0 Å². The molecule has 0 N–H and O–H groups in total. The number of nitrogens with zero attached hydrogens (tertiary/aromatic N) is 1. The Balaban J connectivity index is 0.000000791. The Bertz CT molecular complexity index is 223. The molecule has 0 aromatic rings. The van der Waals surface area contributed by atoms with Crippen molar-refractivity contribution < 1.29 is 0 Å². The van der Waals surface area contributed by atoms with Crippen LogP contribution in [0.2, 0.25) is 0 Å². The number of likely N-dealkylation sites (N-methyl/N-ethyl adjacent to an activating group) is 1. The van der Waals surface area contributed by atoms with Gasteiger partial charge in [0, 0.05) is 19.3 Å². The molecular formula is C13H23N. The first-order valence-electron chi connectivity index (χ1n) is 5.52. The maximum absolute atomic E-state index is 3.82. The van der Waals surface area contributed by atoms with E-state index in [-0.39, 0.29) is 0 Å². The van der Waals surface area contributed by atoms with Crippen LogP contribution < -0.4 is 0 Å². The zero-order chi connectivity index (χ0) is 11.0. The summed E-state index contributed by atoms with van der Waals surface area (Å²) in [5, 5.41) is 0. The van der Waals surface area contributed by atoms with E-state index in [9.17, 15) is 0 Å². The minimum Gasteiger partial charge on any atom is -0.374 e. The molecule has 80 valence electrons. The molecule has 0 saturated carbocycles. The molecule has 0 bridgehead atoms. The Morgan fingerprint density at radius 1 is 1.43 bits per heavy atom. The lowest BCUT2D eigenvalue weighted by atomic mass is 10.2. The summed E-state index contributed by atoms with van der Waals surface area (Å²) in [5.41, 5.74) is 2.72. The monoisotopic (exact) mass is 193 g/mol. The molecule has 0 unspecified atom stereocenters. The molecule has 1 rings (SSSR count). The molecule has 0 fully saturated rings. The van der Waals surface area contributed by atoms with Crippen LogP contribution in [0.4, 0.5) is 0 Å². The Kier molecular flexibility index (Phi) is 6.91. The van der Waals surface area contributed by atoms with Gasteiger partial charge in [-0.25, -0.2) is 0 Å². The van der Waals surface area contributed by atoms with Crippen LogP contribution in [-0.2, 0) is 0 Å². The fourth-order valence-electron chi connectivity index (χ4n) is 1.45. The molecule has 0 atom stereocenters. The lowest BCUT2D eigenvalue weighted by molar-refractivity contribution is 0.471. The Morgan fingerprint density at radius 2 is 2.07 bits per heavy atom. The van der Waals surface area contributed by atoms with Crippen LogP contribution >= 0.6 is 0 Å². The van der Waals surface area contributed by atoms with Crippen LogP contribution in [0.5, 0.6) is 0 Å². The van der Waals surface area contributed by atoms with Gasteiger partial charge in [-0.3, -0.25) is 0 Å². The standard InChI is InChI=1S/C11H17N.C2H6/c1-4-6-7-11-10(5-2)8-9-12(11)3;1-2/h5-7H,2,4,8-9H2,1,3H3;1-2H3/b7-6-;. The minimum absolute atomic E-state index is 1.10. The van der Waals surface area contributed by atoms with E-state index in [1.807, 2.05) is 19.9 Å². The summed E-state index contributed by atoms with van der Waals surface area (Å²) in [4.78, 5) is 2.28. The van der Waals surface area contributed by atoms with Crippen molar-refractivity contribution in [1.29, 1.82) is 0 Å². The molecule has 0 aromatic heterocycles. The van der Waals surface area contributed by atoms with Crippen molar-refractivity contribution in [2.45, 2.75) is 33.6 Å². The van der Waals surface area contributed by atoms with Crippen LogP contribution in [0, 0.1) is 0 Å². The van der Waals surface area contributed by atoms with E-state index in [4.69, 9.17) is 0 Å². The molecule has 1 aliphatic rings. The van der Waals surface area contributed by atoms with Crippen molar-refractivity contribution in [3.8, 4) is 0 Å². The third-order valence-corrected chi connectivity index (χ3v) is 2.21. The topological polar surface area (TPSA) is 3.24 Å². The Hall–Kier alpha value is -0.980. The second-order valence-electron chi connectivity index (χ2n) is 3.10. The predicted octanol–water partition coefficient (Wildman–Crippen LogP) is 3.75. The van der Waals surface area contributed by atoms with Crippen LogP contribution in [-0.4, -0.2) is 18.5 Å². The molecular weight excluding hydrogens is 170 g/mol. The molecule has 1 heteroatoms. The van der Waals surface area contributed by atoms with E-state index in [0.29, 0.717) is 0 Å². The maximum atomic E-state index is 3.82. The average Bonchev–Trinajstić information content (AvgIpc) is 2.59. The van der Waals surface area contributed by atoms with Crippen molar-refractivity contribution in [3.63, 3.8) is 0 Å². The van der Waals surface area contributed by atoms with Crippen LogP contribution in [0.1, 0.15) is 33.6 Å². The van der Waals surface area contributed by atoms with Gasteiger partial charge in [0.25, 0.3) is 0 Å². The molecule has 1 aliphatic heterocycles. The van der Waals surface area contributed by atoms with E-state index in [1.54, 1.807) is 0 Å².